The van der Waals surface area contributed by atoms with Gasteiger partial charge in [-0.25, -0.2) is 4.79 Å². The molecule has 0 saturated heterocycles. The summed E-state index contributed by atoms with van der Waals surface area (Å²) >= 11 is 0. The molecule has 3 aliphatic rings. The van der Waals surface area contributed by atoms with Crippen molar-refractivity contribution in [2.45, 2.75) is 50.5 Å². The molecule has 2 fully saturated rings. The average Bonchev–Trinajstić information content (AvgIpc) is 3.56. The standard InChI is InChI=1S/C28H32N2O5/c31-26(32)14-25(27(33)29-15-17-9-11-18-13-19(18)12-10-17)30-28(34)35-16-24-22-7-3-1-5-20(22)21-6-2-4-8-23(21)24/h1-8,17-19,24-25H,9-16H2,(H,29,33)(H,30,34)(H,31,32). The van der Waals surface area contributed by atoms with Crippen LogP contribution >= 0.6 is 0 Å². The third kappa shape index (κ3) is 5.34. The lowest BCUT2D eigenvalue weighted by molar-refractivity contribution is -0.139. The molecule has 0 heterocycles. The van der Waals surface area contributed by atoms with E-state index in [0.29, 0.717) is 12.5 Å². The van der Waals surface area contributed by atoms with Crippen molar-refractivity contribution in [1.82, 2.24) is 10.6 Å². The van der Waals surface area contributed by atoms with Gasteiger partial charge in [-0.05, 0) is 72.1 Å². The van der Waals surface area contributed by atoms with Crippen molar-refractivity contribution >= 4 is 18.0 Å². The monoisotopic (exact) mass is 476 g/mol. The summed E-state index contributed by atoms with van der Waals surface area (Å²) in [5.74, 6) is 0.401. The summed E-state index contributed by atoms with van der Waals surface area (Å²) in [4.78, 5) is 36.7. The molecule has 35 heavy (non-hydrogen) atoms. The SMILES string of the molecule is O=C(O)CC(NC(=O)OCC1c2ccccc2-c2ccccc21)C(=O)NCC1CCC2CC2CC1. The van der Waals surface area contributed by atoms with Gasteiger partial charge in [-0.15, -0.1) is 0 Å². The highest BCUT2D eigenvalue weighted by Crippen LogP contribution is 2.49. The largest absolute Gasteiger partial charge is 0.481 e. The van der Waals surface area contributed by atoms with Crippen molar-refractivity contribution in [2.75, 3.05) is 13.2 Å². The van der Waals surface area contributed by atoms with Gasteiger partial charge in [-0.2, -0.15) is 0 Å². The van der Waals surface area contributed by atoms with Crippen molar-refractivity contribution in [3.8, 4) is 11.1 Å². The Kier molecular flexibility index (Phi) is 6.75. The number of hydrogen-bond acceptors (Lipinski definition) is 4. The van der Waals surface area contributed by atoms with E-state index in [1.807, 2.05) is 36.4 Å². The van der Waals surface area contributed by atoms with Gasteiger partial charge in [0.05, 0.1) is 6.42 Å². The molecule has 3 atom stereocenters. The fourth-order valence-corrected chi connectivity index (χ4v) is 5.80. The Labute approximate surface area is 205 Å². The average molecular weight is 477 g/mol. The number of ether oxygens (including phenoxy) is 1. The van der Waals surface area contributed by atoms with Gasteiger partial charge in [0.1, 0.15) is 12.6 Å². The molecule has 3 aliphatic carbocycles. The number of carboxylic acid groups (broad SMARTS) is 1. The third-order valence-electron chi connectivity index (χ3n) is 7.86. The second kappa shape index (κ2) is 10.1. The number of benzene rings is 2. The second-order valence-corrected chi connectivity index (χ2v) is 10.1. The number of amides is 2. The Morgan fingerprint density at radius 2 is 1.51 bits per heavy atom. The van der Waals surface area contributed by atoms with Crippen molar-refractivity contribution in [1.29, 1.82) is 0 Å². The lowest BCUT2D eigenvalue weighted by Crippen LogP contribution is -2.49. The molecular formula is C28H32N2O5. The molecule has 3 N–H and O–H groups in total. The number of carboxylic acids is 1. The van der Waals surface area contributed by atoms with E-state index >= 15 is 0 Å². The summed E-state index contributed by atoms with van der Waals surface area (Å²) in [6, 6.07) is 14.9. The molecule has 184 valence electrons. The molecule has 0 aliphatic heterocycles. The zero-order valence-electron chi connectivity index (χ0n) is 19.7. The van der Waals surface area contributed by atoms with Gasteiger partial charge in [0, 0.05) is 12.5 Å². The number of rotatable bonds is 8. The van der Waals surface area contributed by atoms with Crippen LogP contribution in [0.3, 0.4) is 0 Å². The zero-order chi connectivity index (χ0) is 24.4. The van der Waals surface area contributed by atoms with Crippen LogP contribution in [0.4, 0.5) is 4.79 Å². The summed E-state index contributed by atoms with van der Waals surface area (Å²) in [6.45, 7) is 0.618. The van der Waals surface area contributed by atoms with E-state index < -0.39 is 30.4 Å². The number of nitrogens with one attached hydrogen (secondary N) is 2. The van der Waals surface area contributed by atoms with Crippen LogP contribution in [-0.2, 0) is 14.3 Å². The molecule has 7 heteroatoms. The van der Waals surface area contributed by atoms with E-state index in [0.717, 1.165) is 46.9 Å². The van der Waals surface area contributed by atoms with E-state index in [-0.39, 0.29) is 12.5 Å². The maximum atomic E-state index is 12.8. The number of alkyl carbamates (subject to hydrolysis) is 1. The van der Waals surface area contributed by atoms with E-state index in [1.54, 1.807) is 0 Å². The molecule has 0 aromatic heterocycles. The van der Waals surface area contributed by atoms with Crippen molar-refractivity contribution < 1.29 is 24.2 Å². The summed E-state index contributed by atoms with van der Waals surface area (Å²) in [5.41, 5.74) is 4.41. The highest BCUT2D eigenvalue weighted by atomic mass is 16.5. The van der Waals surface area contributed by atoms with Crippen LogP contribution in [0.2, 0.25) is 0 Å². The summed E-state index contributed by atoms with van der Waals surface area (Å²) in [7, 11) is 0. The Hall–Kier alpha value is -3.35. The van der Waals surface area contributed by atoms with E-state index in [9.17, 15) is 19.5 Å². The number of hydrogen-bond donors (Lipinski definition) is 3. The smallest absolute Gasteiger partial charge is 0.407 e. The fourth-order valence-electron chi connectivity index (χ4n) is 5.80. The van der Waals surface area contributed by atoms with Gasteiger partial charge in [-0.3, -0.25) is 9.59 Å². The predicted octanol–water partition coefficient (Wildman–Crippen LogP) is 4.31. The summed E-state index contributed by atoms with van der Waals surface area (Å²) in [6.07, 6.45) is 4.66. The van der Waals surface area contributed by atoms with Gasteiger partial charge < -0.3 is 20.5 Å². The Morgan fingerprint density at radius 1 is 0.914 bits per heavy atom. The minimum Gasteiger partial charge on any atom is -0.481 e. The Morgan fingerprint density at radius 3 is 2.11 bits per heavy atom. The maximum Gasteiger partial charge on any atom is 0.407 e. The van der Waals surface area contributed by atoms with Gasteiger partial charge in [0.15, 0.2) is 0 Å². The van der Waals surface area contributed by atoms with Gasteiger partial charge >= 0.3 is 12.1 Å². The lowest BCUT2D eigenvalue weighted by atomic mass is 9.98. The molecule has 0 spiro atoms. The zero-order valence-corrected chi connectivity index (χ0v) is 19.7. The van der Waals surface area contributed by atoms with Gasteiger partial charge in [0.2, 0.25) is 5.91 Å². The van der Waals surface area contributed by atoms with Gasteiger partial charge in [0.25, 0.3) is 0 Å². The topological polar surface area (TPSA) is 105 Å². The molecule has 2 saturated carbocycles. The molecule has 7 nitrogen and oxygen atoms in total. The Bertz CT molecular complexity index is 1060. The number of aliphatic carboxylic acids is 1. The molecule has 3 unspecified atom stereocenters. The van der Waals surface area contributed by atoms with Crippen LogP contribution in [0.15, 0.2) is 48.5 Å². The molecular weight excluding hydrogens is 444 g/mol. The third-order valence-corrected chi connectivity index (χ3v) is 7.86. The molecule has 0 radical (unpaired) electrons. The van der Waals surface area contributed by atoms with Crippen LogP contribution in [-0.4, -0.2) is 42.3 Å². The van der Waals surface area contributed by atoms with Crippen LogP contribution in [0.1, 0.15) is 55.6 Å². The minimum atomic E-state index is -1.18. The summed E-state index contributed by atoms with van der Waals surface area (Å²) < 4.78 is 5.51. The maximum absolute atomic E-state index is 12.8. The first-order chi connectivity index (χ1) is 17.0. The lowest BCUT2D eigenvalue weighted by Gasteiger charge is -2.21. The quantitative estimate of drug-likeness (QED) is 0.527. The van der Waals surface area contributed by atoms with Crippen LogP contribution in [0, 0.1) is 17.8 Å². The number of fused-ring (bicyclic) bond motifs is 4. The van der Waals surface area contributed by atoms with Crippen LogP contribution in [0.5, 0.6) is 0 Å². The molecule has 2 amide bonds. The first-order valence-electron chi connectivity index (χ1n) is 12.6. The second-order valence-electron chi connectivity index (χ2n) is 10.1. The number of carbonyl (C=O) groups excluding carboxylic acids is 2. The summed E-state index contributed by atoms with van der Waals surface area (Å²) in [5, 5.41) is 14.6. The highest BCUT2D eigenvalue weighted by molar-refractivity contribution is 5.89. The Balaban J connectivity index is 1.17. The van der Waals surface area contributed by atoms with Crippen molar-refractivity contribution in [2.24, 2.45) is 17.8 Å². The molecule has 2 aromatic carbocycles. The van der Waals surface area contributed by atoms with Gasteiger partial charge in [-0.1, -0.05) is 48.5 Å². The minimum absolute atomic E-state index is 0.103. The highest BCUT2D eigenvalue weighted by Gasteiger charge is 2.39. The van der Waals surface area contributed by atoms with Crippen LogP contribution in [0.25, 0.3) is 11.1 Å². The van der Waals surface area contributed by atoms with E-state index in [4.69, 9.17) is 4.74 Å². The van der Waals surface area contributed by atoms with E-state index in [1.165, 1.54) is 19.3 Å². The molecule has 5 rings (SSSR count). The molecule has 0 bridgehead atoms. The predicted molar refractivity (Wildman–Crippen MR) is 131 cm³/mol. The first-order valence-corrected chi connectivity index (χ1v) is 12.6. The van der Waals surface area contributed by atoms with Crippen LogP contribution < -0.4 is 10.6 Å². The first kappa shape index (κ1) is 23.4. The molecule has 2 aromatic rings. The number of carbonyl (C=O) groups is 3. The van der Waals surface area contributed by atoms with E-state index in [2.05, 4.69) is 22.8 Å². The van der Waals surface area contributed by atoms with Crippen molar-refractivity contribution in [3.05, 3.63) is 59.7 Å². The van der Waals surface area contributed by atoms with Crippen molar-refractivity contribution in [3.63, 3.8) is 0 Å². The normalized spacial score (nSPS) is 23.1. The fraction of sp³-hybridized carbons (Fsp3) is 0.464.